The van der Waals surface area contributed by atoms with Gasteiger partial charge in [-0.15, -0.1) is 0 Å². The van der Waals surface area contributed by atoms with Crippen LogP contribution in [-0.2, 0) is 58.2 Å². The molecule has 12 nitrogen and oxygen atoms in total. The van der Waals surface area contributed by atoms with Crippen molar-refractivity contribution in [2.75, 3.05) is 13.2 Å². The molecule has 4 heterocycles. The van der Waals surface area contributed by atoms with Crippen LogP contribution in [0, 0.1) is 23.2 Å². The molecule has 6 atom stereocenters. The number of aryl methyl sites for hydroxylation is 1. The average molecular weight is 768 g/mol. The number of sulfonamides is 1. The Hall–Kier alpha value is -3.48. The molecule has 2 aliphatic carbocycles. The van der Waals surface area contributed by atoms with Crippen molar-refractivity contribution in [2.24, 2.45) is 23.2 Å². The Kier molecular flexibility index (Phi) is 11.7. The Morgan fingerprint density at radius 2 is 1.61 bits per heavy atom. The second kappa shape index (κ2) is 16.3. The maximum Gasteiger partial charge on any atom is 0.410 e. The fourth-order valence-corrected chi connectivity index (χ4v) is 10.8. The summed E-state index contributed by atoms with van der Waals surface area (Å²) in [5, 5.41) is -0.579. The highest BCUT2D eigenvalue weighted by molar-refractivity contribution is 7.90. The molecule has 0 spiro atoms. The SMILES string of the molecule is C[C@@H]1CCCCCc2cccc3c2CN(C3)C(=O)O[C@@H]2C[C@H]3C(=O)C[C@]4(C(=O)NS(=O)(=O)C5CC5)C[C@H]4CCCCCCC[C@H](CC(=O)OC1)C(=O)N3C2. The number of benzene rings is 1. The third-order valence-corrected chi connectivity index (χ3v) is 14.8. The Bertz CT molecular complexity index is 1730. The van der Waals surface area contributed by atoms with E-state index in [9.17, 15) is 32.4 Å². The van der Waals surface area contributed by atoms with Crippen molar-refractivity contribution < 1.29 is 41.9 Å². The number of hydrogen-bond acceptors (Lipinski definition) is 9. The minimum absolute atomic E-state index is 0.00567. The summed E-state index contributed by atoms with van der Waals surface area (Å²) in [4.78, 5) is 72.9. The van der Waals surface area contributed by atoms with Crippen molar-refractivity contribution in [3.8, 4) is 0 Å². The zero-order valence-corrected chi connectivity index (χ0v) is 32.5. The van der Waals surface area contributed by atoms with Gasteiger partial charge >= 0.3 is 12.1 Å². The first-order valence-corrected chi connectivity index (χ1v) is 22.1. The number of fused-ring (bicyclic) bond motifs is 4. The maximum absolute atomic E-state index is 14.5. The summed E-state index contributed by atoms with van der Waals surface area (Å²) < 4.78 is 39.8. The van der Waals surface area contributed by atoms with Gasteiger partial charge in [0.1, 0.15) is 6.10 Å². The average Bonchev–Trinajstić information content (AvgIpc) is 4.02. The monoisotopic (exact) mass is 767 g/mol. The lowest BCUT2D eigenvalue weighted by molar-refractivity contribution is -0.151. The van der Waals surface area contributed by atoms with Crippen molar-refractivity contribution in [1.82, 2.24) is 14.5 Å². The number of nitrogens with zero attached hydrogens (tertiary/aromatic N) is 2. The summed E-state index contributed by atoms with van der Waals surface area (Å²) >= 11 is 0. The van der Waals surface area contributed by atoms with Gasteiger partial charge in [-0.25, -0.2) is 13.2 Å². The fraction of sp³-hybridized carbons (Fsp3) is 0.732. The standard InChI is InChI=1S/C41H57N3O9S/c1-27-11-6-5-8-12-28-14-10-15-30-23-43(25-34(28)30)40(49)53-32-20-35-36(45)22-41(39(48)42-54(50,51)33-17-18-33)21-31(41)16-9-4-2-3-7-13-29(19-37(46)52-26-27)38(47)44(35)24-32/h10,14-15,27,29,31-33,35H,2-9,11-13,16-26H2,1H3,(H,42,48)/t27-,29-,31-,32-,35+,41-/m1/s1. The van der Waals surface area contributed by atoms with Crippen molar-refractivity contribution in [2.45, 2.75) is 153 Å². The largest absolute Gasteiger partial charge is 0.465 e. The quantitative estimate of drug-likeness (QED) is 0.380. The van der Waals surface area contributed by atoms with E-state index in [2.05, 4.69) is 17.7 Å². The molecule has 4 fully saturated rings. The topological polar surface area (TPSA) is 156 Å². The molecule has 0 unspecified atom stereocenters. The smallest absolute Gasteiger partial charge is 0.410 e. The van der Waals surface area contributed by atoms with E-state index in [-0.39, 0.29) is 55.9 Å². The summed E-state index contributed by atoms with van der Waals surface area (Å²) in [6, 6.07) is 5.22. The molecule has 1 aromatic rings. The molecule has 0 aromatic heterocycles. The van der Waals surface area contributed by atoms with E-state index in [1.165, 1.54) is 10.5 Å². The number of cyclic esters (lactones) is 1. The summed E-state index contributed by atoms with van der Waals surface area (Å²) in [7, 11) is -3.82. The Labute approximate surface area is 319 Å². The molecule has 6 aliphatic rings. The van der Waals surface area contributed by atoms with Crippen molar-refractivity contribution in [1.29, 1.82) is 0 Å². The molecule has 2 saturated carbocycles. The maximum atomic E-state index is 14.5. The van der Waals surface area contributed by atoms with Gasteiger partial charge in [0, 0.05) is 31.8 Å². The normalized spacial score (nSPS) is 32.1. The predicted molar refractivity (Wildman–Crippen MR) is 199 cm³/mol. The van der Waals surface area contributed by atoms with Crippen molar-refractivity contribution >= 4 is 39.7 Å². The summed E-state index contributed by atoms with van der Waals surface area (Å²) in [6.07, 6.45) is 10.3. The van der Waals surface area contributed by atoms with Crippen LogP contribution in [0.1, 0.15) is 133 Å². The van der Waals surface area contributed by atoms with E-state index in [0.29, 0.717) is 45.2 Å². The highest BCUT2D eigenvalue weighted by Crippen LogP contribution is 2.59. The van der Waals surface area contributed by atoms with Gasteiger partial charge in [0.05, 0.1) is 36.3 Å². The van der Waals surface area contributed by atoms with Crippen LogP contribution in [0.25, 0.3) is 0 Å². The molecular weight excluding hydrogens is 711 g/mol. The predicted octanol–water partition coefficient (Wildman–Crippen LogP) is 5.73. The number of amides is 3. The van der Waals surface area contributed by atoms with Gasteiger partial charge in [-0.05, 0) is 79.9 Å². The summed E-state index contributed by atoms with van der Waals surface area (Å²) in [6.45, 7) is 3.21. The van der Waals surface area contributed by atoms with E-state index in [0.717, 1.165) is 75.3 Å². The zero-order chi connectivity index (χ0) is 38.0. The number of carbonyl (C=O) groups is 5. The number of Topliss-reactive ketones (excluding diaryl/α,β-unsaturated/α-hetero) is 1. The van der Waals surface area contributed by atoms with Gasteiger partial charge in [-0.1, -0.05) is 70.1 Å². The number of esters is 1. The van der Waals surface area contributed by atoms with Crippen molar-refractivity contribution in [3.63, 3.8) is 0 Å². The van der Waals surface area contributed by atoms with Gasteiger partial charge in [0.15, 0.2) is 5.78 Å². The summed E-state index contributed by atoms with van der Waals surface area (Å²) in [5.74, 6) is -2.42. The van der Waals surface area contributed by atoms with Gasteiger partial charge in [0.25, 0.3) is 0 Å². The lowest BCUT2D eigenvalue weighted by Gasteiger charge is -2.29. The highest BCUT2D eigenvalue weighted by Gasteiger charge is 2.62. The van der Waals surface area contributed by atoms with E-state index in [4.69, 9.17) is 9.47 Å². The van der Waals surface area contributed by atoms with Crippen LogP contribution in [0.2, 0.25) is 0 Å². The minimum atomic E-state index is -3.82. The molecule has 5 bridgehead atoms. The number of nitrogens with one attached hydrogen (secondary N) is 1. The van der Waals surface area contributed by atoms with Crippen LogP contribution in [0.5, 0.6) is 0 Å². The lowest BCUT2D eigenvalue weighted by Crippen LogP contribution is -2.46. The number of ether oxygens (including phenoxy) is 2. The third-order valence-electron chi connectivity index (χ3n) is 12.9. The number of carbonyl (C=O) groups excluding carboxylic acids is 5. The molecule has 54 heavy (non-hydrogen) atoms. The van der Waals surface area contributed by atoms with Gasteiger partial charge in [0.2, 0.25) is 21.8 Å². The van der Waals surface area contributed by atoms with E-state index >= 15 is 0 Å². The van der Waals surface area contributed by atoms with Gasteiger partial charge in [-0.3, -0.25) is 28.8 Å². The first-order valence-electron chi connectivity index (χ1n) is 20.5. The molecule has 7 rings (SSSR count). The molecule has 0 radical (unpaired) electrons. The van der Waals surface area contributed by atoms with Crippen LogP contribution in [0.4, 0.5) is 4.79 Å². The summed E-state index contributed by atoms with van der Waals surface area (Å²) in [5.41, 5.74) is 2.32. The first-order chi connectivity index (χ1) is 25.9. The minimum Gasteiger partial charge on any atom is -0.465 e. The molecule has 2 saturated heterocycles. The first kappa shape index (κ1) is 38.8. The Balaban J connectivity index is 1.16. The van der Waals surface area contributed by atoms with E-state index in [1.54, 1.807) is 4.90 Å². The fourth-order valence-electron chi connectivity index (χ4n) is 9.38. The molecule has 13 heteroatoms. The second-order valence-corrected chi connectivity index (χ2v) is 19.1. The zero-order valence-electron chi connectivity index (χ0n) is 31.7. The molecule has 3 amide bonds. The van der Waals surface area contributed by atoms with Gasteiger partial charge < -0.3 is 14.4 Å². The van der Waals surface area contributed by atoms with Crippen molar-refractivity contribution in [3.05, 3.63) is 34.9 Å². The third kappa shape index (κ3) is 8.81. The molecular formula is C41H57N3O9S. The van der Waals surface area contributed by atoms with E-state index < -0.39 is 56.7 Å². The van der Waals surface area contributed by atoms with Crippen LogP contribution < -0.4 is 4.72 Å². The Morgan fingerprint density at radius 3 is 2.41 bits per heavy atom. The lowest BCUT2D eigenvalue weighted by atomic mass is 9.90. The number of ketones is 1. The molecule has 1 aromatic carbocycles. The number of hydrogen-bond donors (Lipinski definition) is 1. The molecule has 4 aliphatic heterocycles. The van der Waals surface area contributed by atoms with Crippen LogP contribution >= 0.6 is 0 Å². The molecule has 1 N–H and O–H groups in total. The highest BCUT2D eigenvalue weighted by atomic mass is 32.2. The van der Waals surface area contributed by atoms with Crippen LogP contribution in [-0.4, -0.2) is 78.4 Å². The van der Waals surface area contributed by atoms with Gasteiger partial charge in [-0.2, -0.15) is 0 Å². The van der Waals surface area contributed by atoms with Crippen LogP contribution in [0.3, 0.4) is 0 Å². The molecule has 296 valence electrons. The second-order valence-electron chi connectivity index (χ2n) is 17.2. The number of rotatable bonds is 3. The Morgan fingerprint density at radius 1 is 0.889 bits per heavy atom. The van der Waals surface area contributed by atoms with Crippen LogP contribution in [0.15, 0.2) is 18.2 Å². The van der Waals surface area contributed by atoms with E-state index in [1.807, 2.05) is 12.1 Å².